The minimum atomic E-state index is 0.565. The molecule has 7 nitrogen and oxygen atoms in total. The first-order valence-electron chi connectivity index (χ1n) is 9.90. The Hall–Kier alpha value is -2.20. The molecule has 1 saturated heterocycles. The highest BCUT2D eigenvalue weighted by molar-refractivity contribution is 14.1. The molecule has 1 atom stereocenters. The molecule has 4 N–H and O–H groups in total. The Labute approximate surface area is 184 Å². The zero-order chi connectivity index (χ0) is 20.4. The van der Waals surface area contributed by atoms with Gasteiger partial charge >= 0.3 is 0 Å². The number of aryl methyl sites for hydroxylation is 3. The predicted octanol–water partition coefficient (Wildman–Crippen LogP) is 4.68. The number of anilines is 4. The molecule has 29 heavy (non-hydrogen) atoms. The van der Waals surface area contributed by atoms with E-state index >= 15 is 0 Å². The third-order valence-electron chi connectivity index (χ3n) is 5.29. The van der Waals surface area contributed by atoms with Crippen molar-refractivity contribution < 1.29 is 0 Å². The fraction of sp³-hybridized carbons (Fsp3) is 0.381. The minimum absolute atomic E-state index is 0.565. The van der Waals surface area contributed by atoms with Gasteiger partial charge in [-0.1, -0.05) is 6.07 Å². The van der Waals surface area contributed by atoms with Crippen LogP contribution in [0.15, 0.2) is 24.4 Å². The number of nitrogens with zero attached hydrogens (tertiary/aromatic N) is 3. The van der Waals surface area contributed by atoms with Crippen LogP contribution in [0.2, 0.25) is 0 Å². The van der Waals surface area contributed by atoms with Gasteiger partial charge in [-0.15, -0.1) is 0 Å². The van der Waals surface area contributed by atoms with Gasteiger partial charge in [-0.25, -0.2) is 4.98 Å². The van der Waals surface area contributed by atoms with E-state index in [-0.39, 0.29) is 0 Å². The summed E-state index contributed by atoms with van der Waals surface area (Å²) in [5, 5.41) is 17.3. The lowest BCUT2D eigenvalue weighted by atomic mass is 9.87. The molecule has 3 aromatic rings. The Morgan fingerprint density at radius 1 is 1.10 bits per heavy atom. The van der Waals surface area contributed by atoms with Gasteiger partial charge in [-0.2, -0.15) is 10.1 Å². The van der Waals surface area contributed by atoms with Crippen molar-refractivity contribution >= 4 is 45.9 Å². The van der Waals surface area contributed by atoms with E-state index in [2.05, 4.69) is 84.7 Å². The van der Waals surface area contributed by atoms with Gasteiger partial charge in [0.1, 0.15) is 0 Å². The molecule has 0 amide bonds. The lowest BCUT2D eigenvalue weighted by Gasteiger charge is -2.25. The number of aromatic amines is 1. The number of halogens is 1. The van der Waals surface area contributed by atoms with Crippen molar-refractivity contribution in [2.45, 2.75) is 39.5 Å². The molecule has 2 aromatic heterocycles. The highest BCUT2D eigenvalue weighted by atomic mass is 127. The lowest BCUT2D eigenvalue weighted by molar-refractivity contribution is 0.460. The van der Waals surface area contributed by atoms with E-state index in [1.54, 1.807) is 0 Å². The Kier molecular flexibility index (Phi) is 6.00. The van der Waals surface area contributed by atoms with E-state index < -0.39 is 0 Å². The van der Waals surface area contributed by atoms with Crippen LogP contribution in [0, 0.1) is 24.3 Å². The van der Waals surface area contributed by atoms with Crippen LogP contribution in [0.3, 0.4) is 0 Å². The molecule has 0 aliphatic carbocycles. The predicted molar refractivity (Wildman–Crippen MR) is 125 cm³/mol. The fourth-order valence-electron chi connectivity index (χ4n) is 3.77. The third-order valence-corrected chi connectivity index (χ3v) is 6.08. The Morgan fingerprint density at radius 2 is 1.97 bits per heavy atom. The van der Waals surface area contributed by atoms with Gasteiger partial charge in [-0.05, 0) is 91.4 Å². The van der Waals surface area contributed by atoms with Crippen molar-refractivity contribution in [3.05, 3.63) is 50.4 Å². The van der Waals surface area contributed by atoms with Crippen LogP contribution < -0.4 is 16.0 Å². The first-order valence-corrected chi connectivity index (χ1v) is 11.0. The molecule has 3 heterocycles. The Morgan fingerprint density at radius 3 is 2.69 bits per heavy atom. The quantitative estimate of drug-likeness (QED) is 0.378. The van der Waals surface area contributed by atoms with Crippen LogP contribution in [0.25, 0.3) is 0 Å². The van der Waals surface area contributed by atoms with Crippen molar-refractivity contribution in [1.29, 1.82) is 0 Å². The molecule has 1 aliphatic heterocycles. The number of benzene rings is 1. The number of hydrogen-bond donors (Lipinski definition) is 4. The second-order valence-electron chi connectivity index (χ2n) is 7.64. The summed E-state index contributed by atoms with van der Waals surface area (Å²) in [6.45, 7) is 8.49. The standard InChI is InChI=1S/C21H26IN7/c1-12-8-18(13(2)7-16(12)15-5-4-6-23-10-15)25-21-24-11-17(22)20(27-21)26-19-9-14(3)28-29-19/h7-9,11,15,23H,4-6,10H2,1-3H3,(H3,24,25,26,27,28,29). The molecule has 0 saturated carbocycles. The molecule has 0 bridgehead atoms. The van der Waals surface area contributed by atoms with Crippen LogP contribution in [0.1, 0.15) is 41.1 Å². The summed E-state index contributed by atoms with van der Waals surface area (Å²) in [5.74, 6) is 2.63. The maximum atomic E-state index is 4.65. The average Bonchev–Trinajstić information content (AvgIpc) is 3.12. The van der Waals surface area contributed by atoms with E-state index in [1.807, 2.05) is 19.2 Å². The first kappa shape index (κ1) is 20.1. The summed E-state index contributed by atoms with van der Waals surface area (Å²) in [6.07, 6.45) is 4.30. The molecule has 0 spiro atoms. The molecule has 0 radical (unpaired) electrons. The topological polar surface area (TPSA) is 90.6 Å². The molecular formula is C21H26IN7. The van der Waals surface area contributed by atoms with Gasteiger partial charge in [0.25, 0.3) is 0 Å². The van der Waals surface area contributed by atoms with Crippen LogP contribution in [-0.4, -0.2) is 33.3 Å². The molecule has 1 fully saturated rings. The lowest BCUT2D eigenvalue weighted by Crippen LogP contribution is -2.28. The first-order chi connectivity index (χ1) is 14.0. The molecule has 1 aromatic carbocycles. The largest absolute Gasteiger partial charge is 0.324 e. The van der Waals surface area contributed by atoms with Crippen LogP contribution in [0.5, 0.6) is 0 Å². The molecule has 1 unspecified atom stereocenters. The number of aromatic nitrogens is 4. The van der Waals surface area contributed by atoms with Crippen molar-refractivity contribution in [3.63, 3.8) is 0 Å². The average molecular weight is 503 g/mol. The molecule has 4 rings (SSSR count). The number of H-pyrrole nitrogens is 1. The highest BCUT2D eigenvalue weighted by Crippen LogP contribution is 2.31. The molecule has 8 heteroatoms. The summed E-state index contributed by atoms with van der Waals surface area (Å²) in [7, 11) is 0. The van der Waals surface area contributed by atoms with Gasteiger partial charge in [0.2, 0.25) is 5.95 Å². The van der Waals surface area contributed by atoms with Crippen LogP contribution >= 0.6 is 22.6 Å². The van der Waals surface area contributed by atoms with Crippen molar-refractivity contribution in [2.75, 3.05) is 23.7 Å². The number of rotatable bonds is 5. The SMILES string of the molecule is Cc1cc(Nc2nc(Nc3cc(C)c(C4CCCNC4)cc3C)ncc2I)n[nH]1. The zero-order valence-corrected chi connectivity index (χ0v) is 19.1. The second-order valence-corrected chi connectivity index (χ2v) is 8.81. The van der Waals surface area contributed by atoms with Crippen molar-refractivity contribution in [2.24, 2.45) is 0 Å². The highest BCUT2D eigenvalue weighted by Gasteiger charge is 2.18. The van der Waals surface area contributed by atoms with Crippen molar-refractivity contribution in [1.82, 2.24) is 25.5 Å². The smallest absolute Gasteiger partial charge is 0.229 e. The van der Waals surface area contributed by atoms with Gasteiger partial charge in [0, 0.05) is 30.2 Å². The second kappa shape index (κ2) is 8.66. The zero-order valence-electron chi connectivity index (χ0n) is 16.9. The minimum Gasteiger partial charge on any atom is -0.324 e. The van der Waals surface area contributed by atoms with Gasteiger partial charge in [-0.3, -0.25) is 5.10 Å². The summed E-state index contributed by atoms with van der Waals surface area (Å²) < 4.78 is 0.932. The van der Waals surface area contributed by atoms with E-state index in [1.165, 1.54) is 29.5 Å². The maximum absolute atomic E-state index is 4.65. The van der Waals surface area contributed by atoms with Gasteiger partial charge in [0.05, 0.1) is 3.57 Å². The fourth-order valence-corrected chi connectivity index (χ4v) is 4.16. The monoisotopic (exact) mass is 503 g/mol. The Balaban J connectivity index is 1.55. The number of nitrogens with one attached hydrogen (secondary N) is 4. The van der Waals surface area contributed by atoms with E-state index in [0.29, 0.717) is 11.9 Å². The van der Waals surface area contributed by atoms with Crippen LogP contribution in [0.4, 0.5) is 23.3 Å². The maximum Gasteiger partial charge on any atom is 0.229 e. The summed E-state index contributed by atoms with van der Waals surface area (Å²) in [5.41, 5.74) is 5.99. The van der Waals surface area contributed by atoms with Crippen LogP contribution in [-0.2, 0) is 0 Å². The molecular weight excluding hydrogens is 477 g/mol. The number of piperidine rings is 1. The third kappa shape index (κ3) is 4.69. The van der Waals surface area contributed by atoms with Gasteiger partial charge in [0.15, 0.2) is 11.6 Å². The van der Waals surface area contributed by atoms with E-state index in [0.717, 1.165) is 39.7 Å². The van der Waals surface area contributed by atoms with Gasteiger partial charge < -0.3 is 16.0 Å². The number of hydrogen-bond acceptors (Lipinski definition) is 6. The van der Waals surface area contributed by atoms with E-state index in [4.69, 9.17) is 0 Å². The normalized spacial score (nSPS) is 16.6. The summed E-state index contributed by atoms with van der Waals surface area (Å²) in [6, 6.07) is 6.47. The summed E-state index contributed by atoms with van der Waals surface area (Å²) in [4.78, 5) is 9.11. The molecule has 152 valence electrons. The molecule has 1 aliphatic rings. The van der Waals surface area contributed by atoms with E-state index in [9.17, 15) is 0 Å². The van der Waals surface area contributed by atoms with Crippen molar-refractivity contribution in [3.8, 4) is 0 Å². The Bertz CT molecular complexity index is 1010. The summed E-state index contributed by atoms with van der Waals surface area (Å²) >= 11 is 2.22.